The fourth-order valence-electron chi connectivity index (χ4n) is 7.13. The molecule has 0 aromatic heterocycles. The summed E-state index contributed by atoms with van der Waals surface area (Å²) in [7, 11) is 3.61. The maximum absolute atomic E-state index is 15.8. The van der Waals surface area contributed by atoms with Crippen LogP contribution in [0.5, 0.6) is 0 Å². The Morgan fingerprint density at radius 2 is 1.76 bits per heavy atom. The van der Waals surface area contributed by atoms with E-state index in [1.165, 1.54) is 13.8 Å². The SMILES string of the molecule is C#CCO[C@@]1(C)C[C@@H](C)C(=O)[C@H](C)[C@H]2NC(=O)O[C@]2(C)[C@@H](CC)OC(=O)C(F)C(=O)[C@H](C)[C@H]1O[C@@H]1O[C@H](C)C[C@H](N(C)C)[C@H]1O. The fourth-order valence-corrected chi connectivity index (χ4v) is 7.13. The molecular formula is C32H49FN2O10. The van der Waals surface area contributed by atoms with E-state index in [-0.39, 0.29) is 37.4 Å². The van der Waals surface area contributed by atoms with E-state index < -0.39 is 83.6 Å². The van der Waals surface area contributed by atoms with Crippen molar-refractivity contribution in [2.24, 2.45) is 17.8 Å². The first kappa shape index (κ1) is 36.8. The van der Waals surface area contributed by atoms with Gasteiger partial charge in [0.05, 0.1) is 23.9 Å². The number of fused-ring (bicyclic) bond motifs is 1. The number of carbonyl (C=O) groups excluding carboxylic acids is 4. The summed E-state index contributed by atoms with van der Waals surface area (Å²) < 4.78 is 45.3. The van der Waals surface area contributed by atoms with E-state index in [0.717, 1.165) is 0 Å². The molecule has 1 unspecified atom stereocenters. The van der Waals surface area contributed by atoms with Crippen LogP contribution in [0.25, 0.3) is 0 Å². The van der Waals surface area contributed by atoms with Crippen molar-refractivity contribution in [3.05, 3.63) is 0 Å². The van der Waals surface area contributed by atoms with Crippen LogP contribution in [0.4, 0.5) is 9.18 Å². The summed E-state index contributed by atoms with van der Waals surface area (Å²) in [5, 5.41) is 13.9. The first-order valence-corrected chi connectivity index (χ1v) is 15.6. The van der Waals surface area contributed by atoms with Crippen LogP contribution in [-0.2, 0) is 38.1 Å². The van der Waals surface area contributed by atoms with Crippen molar-refractivity contribution in [1.82, 2.24) is 10.2 Å². The third-order valence-electron chi connectivity index (χ3n) is 9.62. The molecule has 0 spiro atoms. The number of ether oxygens (including phenoxy) is 5. The van der Waals surface area contributed by atoms with Gasteiger partial charge in [0.15, 0.2) is 17.7 Å². The zero-order chi connectivity index (χ0) is 34.0. The van der Waals surface area contributed by atoms with Crippen molar-refractivity contribution >= 4 is 23.6 Å². The molecule has 3 fully saturated rings. The number of amides is 1. The number of hydrogen-bond donors (Lipinski definition) is 2. The van der Waals surface area contributed by atoms with E-state index in [0.29, 0.717) is 6.42 Å². The predicted octanol–water partition coefficient (Wildman–Crippen LogP) is 2.18. The molecule has 12 nitrogen and oxygen atoms in total. The molecule has 3 aliphatic heterocycles. The number of nitrogens with one attached hydrogen (secondary N) is 1. The van der Waals surface area contributed by atoms with Gasteiger partial charge in [0.25, 0.3) is 6.17 Å². The van der Waals surface area contributed by atoms with Crippen LogP contribution in [0.15, 0.2) is 0 Å². The Kier molecular flexibility index (Phi) is 11.8. The van der Waals surface area contributed by atoms with E-state index >= 15 is 4.39 Å². The molecule has 0 aromatic carbocycles. The van der Waals surface area contributed by atoms with Crippen molar-refractivity contribution in [3.63, 3.8) is 0 Å². The molecule has 0 bridgehead atoms. The molecule has 45 heavy (non-hydrogen) atoms. The van der Waals surface area contributed by atoms with Gasteiger partial charge in [-0.1, -0.05) is 33.6 Å². The highest BCUT2D eigenvalue weighted by Crippen LogP contribution is 2.40. The maximum Gasteiger partial charge on any atom is 0.408 e. The molecule has 0 saturated carbocycles. The smallest absolute Gasteiger partial charge is 0.408 e. The Balaban J connectivity index is 2.14. The number of terminal acetylenes is 1. The predicted molar refractivity (Wildman–Crippen MR) is 159 cm³/mol. The summed E-state index contributed by atoms with van der Waals surface area (Å²) in [5.41, 5.74) is -3.05. The molecule has 13 atom stereocenters. The zero-order valence-corrected chi connectivity index (χ0v) is 27.7. The van der Waals surface area contributed by atoms with Crippen LogP contribution in [0, 0.1) is 30.1 Å². The molecule has 13 heteroatoms. The summed E-state index contributed by atoms with van der Waals surface area (Å²) in [5.74, 6) is -3.47. The Bertz CT molecular complexity index is 1160. The van der Waals surface area contributed by atoms with Crippen LogP contribution >= 0.6 is 0 Å². The van der Waals surface area contributed by atoms with Gasteiger partial charge in [0, 0.05) is 23.8 Å². The second-order valence-electron chi connectivity index (χ2n) is 13.3. The Morgan fingerprint density at radius 1 is 1.11 bits per heavy atom. The first-order valence-electron chi connectivity index (χ1n) is 15.6. The van der Waals surface area contributed by atoms with Crippen molar-refractivity contribution in [2.45, 2.75) is 128 Å². The first-order chi connectivity index (χ1) is 20.9. The van der Waals surface area contributed by atoms with Gasteiger partial charge in [0.1, 0.15) is 24.6 Å². The Hall–Kier alpha value is -2.63. The quantitative estimate of drug-likeness (QED) is 0.250. The number of aliphatic hydroxyl groups excluding tert-OH is 1. The largest absolute Gasteiger partial charge is 0.456 e. The number of halogens is 1. The highest BCUT2D eigenvalue weighted by molar-refractivity contribution is 6.03. The molecule has 3 heterocycles. The summed E-state index contributed by atoms with van der Waals surface area (Å²) in [6.45, 7) is 11.0. The van der Waals surface area contributed by atoms with Gasteiger partial charge in [-0.05, 0) is 54.1 Å². The minimum Gasteiger partial charge on any atom is -0.456 e. The normalized spacial score (nSPS) is 43.5. The lowest BCUT2D eigenvalue weighted by Gasteiger charge is -2.47. The molecule has 3 rings (SSSR count). The van der Waals surface area contributed by atoms with Gasteiger partial charge in [0.2, 0.25) is 0 Å². The second-order valence-corrected chi connectivity index (χ2v) is 13.3. The maximum atomic E-state index is 15.8. The van der Waals surface area contributed by atoms with Gasteiger partial charge in [-0.3, -0.25) is 9.59 Å². The minimum atomic E-state index is -2.73. The molecular weight excluding hydrogens is 591 g/mol. The van der Waals surface area contributed by atoms with Gasteiger partial charge < -0.3 is 39.0 Å². The van der Waals surface area contributed by atoms with E-state index in [9.17, 15) is 24.3 Å². The highest BCUT2D eigenvalue weighted by atomic mass is 19.1. The van der Waals surface area contributed by atoms with Crippen LogP contribution in [0.3, 0.4) is 0 Å². The van der Waals surface area contributed by atoms with Crippen LogP contribution in [0.2, 0.25) is 0 Å². The third-order valence-corrected chi connectivity index (χ3v) is 9.62. The van der Waals surface area contributed by atoms with Crippen molar-refractivity contribution in [1.29, 1.82) is 0 Å². The number of cyclic esters (lactones) is 1. The van der Waals surface area contributed by atoms with E-state index in [4.69, 9.17) is 30.1 Å². The highest BCUT2D eigenvalue weighted by Gasteiger charge is 2.57. The lowest BCUT2D eigenvalue weighted by molar-refractivity contribution is -0.296. The van der Waals surface area contributed by atoms with E-state index in [2.05, 4.69) is 11.2 Å². The number of hydrogen-bond acceptors (Lipinski definition) is 11. The number of Topliss-reactive ketones (excluding diaryl/α,β-unsaturated/α-hetero) is 2. The van der Waals surface area contributed by atoms with Gasteiger partial charge in [-0.2, -0.15) is 0 Å². The lowest BCUT2D eigenvalue weighted by atomic mass is 9.74. The fraction of sp³-hybridized carbons (Fsp3) is 0.812. The topological polar surface area (TPSA) is 150 Å². The van der Waals surface area contributed by atoms with Crippen LogP contribution < -0.4 is 5.32 Å². The Labute approximate surface area is 265 Å². The number of alkyl carbamates (subject to hydrolysis) is 1. The molecule has 0 radical (unpaired) electrons. The number of likely N-dealkylation sites (N-methyl/N-ethyl adjacent to an activating group) is 1. The van der Waals surface area contributed by atoms with Crippen LogP contribution in [0.1, 0.15) is 67.7 Å². The molecule has 1 amide bonds. The molecule has 0 aliphatic carbocycles. The monoisotopic (exact) mass is 640 g/mol. The van der Waals surface area contributed by atoms with Gasteiger partial charge >= 0.3 is 12.1 Å². The molecule has 254 valence electrons. The number of ketones is 2. The molecule has 3 saturated heterocycles. The van der Waals surface area contributed by atoms with Crippen molar-refractivity contribution in [2.75, 3.05) is 20.7 Å². The molecule has 0 aromatic rings. The van der Waals surface area contributed by atoms with Gasteiger partial charge in [-0.25, -0.2) is 14.0 Å². The summed E-state index contributed by atoms with van der Waals surface area (Å²) in [6.07, 6.45) is -2.74. The summed E-state index contributed by atoms with van der Waals surface area (Å²) in [4.78, 5) is 55.1. The number of rotatable bonds is 6. The summed E-state index contributed by atoms with van der Waals surface area (Å²) in [6, 6.07) is -1.30. The number of esters is 1. The third kappa shape index (κ3) is 7.52. The zero-order valence-electron chi connectivity index (χ0n) is 27.7. The number of carbonyl (C=O) groups is 4. The number of nitrogens with zero attached hydrogens (tertiary/aromatic N) is 1. The summed E-state index contributed by atoms with van der Waals surface area (Å²) >= 11 is 0. The Morgan fingerprint density at radius 3 is 2.33 bits per heavy atom. The number of alkyl halides is 1. The second kappa shape index (κ2) is 14.4. The van der Waals surface area contributed by atoms with Crippen LogP contribution in [-0.4, -0.2) is 115 Å². The molecule has 2 N–H and O–H groups in total. The molecule has 3 aliphatic rings. The average molecular weight is 641 g/mol. The standard InChI is InChI=1S/C32H49FN2O10/c1-11-13-41-31(7)15-16(3)23(36)18(5)26-32(8,45-30(40)34-26)21(12-2)43-28(39)22(33)24(37)19(6)27(31)44-29-25(38)20(35(9)10)14-17(4)42-29/h1,16-22,25-27,29,38H,12-15H2,2-10H3,(H,34,40)/t16-,17-,18+,19+,20+,21-,22?,25-,26-,27-,29+,31+,32-/m1/s1. The van der Waals surface area contributed by atoms with Gasteiger partial charge in [-0.15, -0.1) is 6.42 Å². The van der Waals surface area contributed by atoms with E-state index in [1.54, 1.807) is 41.8 Å². The average Bonchev–Trinajstić information content (AvgIpc) is 3.30. The minimum absolute atomic E-state index is 0.0491. The lowest BCUT2D eigenvalue weighted by Crippen LogP contribution is -2.60. The van der Waals surface area contributed by atoms with Crippen molar-refractivity contribution < 1.29 is 52.4 Å². The van der Waals surface area contributed by atoms with Crippen molar-refractivity contribution in [3.8, 4) is 12.3 Å². The van der Waals surface area contributed by atoms with E-state index in [1.807, 2.05) is 11.8 Å². The number of aliphatic hydroxyl groups is 1.